The van der Waals surface area contributed by atoms with Crippen LogP contribution < -0.4 is 10.9 Å². The van der Waals surface area contributed by atoms with Gasteiger partial charge in [0, 0.05) is 18.9 Å². The molecule has 1 rings (SSSR count). The number of anilines is 1. The van der Waals surface area contributed by atoms with Crippen LogP contribution in [0.1, 0.15) is 13.8 Å². The Labute approximate surface area is 99.9 Å². The van der Waals surface area contributed by atoms with Gasteiger partial charge in [0.05, 0.1) is 19.3 Å². The lowest BCUT2D eigenvalue weighted by molar-refractivity contribution is 0.203. The van der Waals surface area contributed by atoms with Gasteiger partial charge >= 0.3 is 0 Å². The fraction of sp³-hybridized carbons (Fsp3) is 0.636. The third-order valence-corrected chi connectivity index (χ3v) is 2.26. The molecule has 1 aromatic heterocycles. The molecule has 0 atom stereocenters. The highest BCUT2D eigenvalue weighted by Crippen LogP contribution is 2.00. The Hall–Kier alpha value is -1.40. The van der Waals surface area contributed by atoms with E-state index in [-0.39, 0.29) is 24.6 Å². The van der Waals surface area contributed by atoms with Crippen LogP contribution >= 0.6 is 0 Å². The third kappa shape index (κ3) is 3.83. The molecule has 0 aromatic carbocycles. The Balaban J connectivity index is 2.90. The summed E-state index contributed by atoms with van der Waals surface area (Å²) < 4.78 is 1.56. The molecule has 0 aliphatic rings. The average Bonchev–Trinajstić information content (AvgIpc) is 2.30. The van der Waals surface area contributed by atoms with Crippen LogP contribution in [0.4, 0.5) is 5.82 Å². The summed E-state index contributed by atoms with van der Waals surface area (Å²) >= 11 is 0. The van der Waals surface area contributed by atoms with Gasteiger partial charge in [0.15, 0.2) is 5.82 Å². The van der Waals surface area contributed by atoms with Crippen molar-refractivity contribution in [3.63, 3.8) is 0 Å². The Morgan fingerprint density at radius 3 is 2.59 bits per heavy atom. The fourth-order valence-electron chi connectivity index (χ4n) is 1.43. The molecule has 1 aromatic rings. The maximum absolute atomic E-state index is 11.9. The van der Waals surface area contributed by atoms with Gasteiger partial charge in [-0.25, -0.2) is 4.98 Å². The van der Waals surface area contributed by atoms with Gasteiger partial charge in [-0.2, -0.15) is 0 Å². The molecule has 6 nitrogen and oxygen atoms in total. The van der Waals surface area contributed by atoms with Gasteiger partial charge in [-0.05, 0) is 5.92 Å². The number of hydrogen-bond acceptors (Lipinski definition) is 5. The zero-order valence-electron chi connectivity index (χ0n) is 10.1. The van der Waals surface area contributed by atoms with E-state index in [1.807, 2.05) is 13.8 Å². The molecule has 0 fully saturated rings. The first-order chi connectivity index (χ1) is 8.08. The number of aromatic nitrogens is 2. The van der Waals surface area contributed by atoms with Crippen molar-refractivity contribution < 1.29 is 10.2 Å². The minimum absolute atomic E-state index is 0.154. The molecule has 17 heavy (non-hydrogen) atoms. The Morgan fingerprint density at radius 2 is 2.06 bits per heavy atom. The van der Waals surface area contributed by atoms with Gasteiger partial charge in [0.25, 0.3) is 5.56 Å². The van der Waals surface area contributed by atoms with Crippen molar-refractivity contribution >= 4 is 5.82 Å². The van der Waals surface area contributed by atoms with Crippen LogP contribution in [0.5, 0.6) is 0 Å². The molecule has 0 amide bonds. The van der Waals surface area contributed by atoms with E-state index < -0.39 is 6.04 Å². The molecule has 0 unspecified atom stereocenters. The molecule has 0 radical (unpaired) electrons. The van der Waals surface area contributed by atoms with E-state index in [9.17, 15) is 4.79 Å². The molecule has 0 saturated carbocycles. The summed E-state index contributed by atoms with van der Waals surface area (Å²) in [6, 6.07) is -0.565. The summed E-state index contributed by atoms with van der Waals surface area (Å²) in [7, 11) is 0. The second-order valence-corrected chi connectivity index (χ2v) is 4.33. The van der Waals surface area contributed by atoms with Crippen LogP contribution in [0.2, 0.25) is 0 Å². The number of aliphatic hydroxyl groups is 2. The highest BCUT2D eigenvalue weighted by atomic mass is 16.3. The lowest BCUT2D eigenvalue weighted by atomic mass is 10.2. The van der Waals surface area contributed by atoms with Gasteiger partial charge in [-0.15, -0.1) is 0 Å². The SMILES string of the molecule is CC(C)Cn1ccnc(NC(CO)CO)c1=O. The molecular formula is C11H19N3O3. The molecule has 0 saturated heterocycles. The van der Waals surface area contributed by atoms with Gasteiger partial charge in [0.2, 0.25) is 0 Å². The number of rotatable bonds is 6. The van der Waals surface area contributed by atoms with Crippen molar-refractivity contribution in [2.75, 3.05) is 18.5 Å². The summed E-state index contributed by atoms with van der Waals surface area (Å²) in [6.45, 7) is 4.14. The first kappa shape index (κ1) is 13.7. The number of nitrogens with one attached hydrogen (secondary N) is 1. The van der Waals surface area contributed by atoms with E-state index in [1.165, 1.54) is 6.20 Å². The van der Waals surface area contributed by atoms with E-state index >= 15 is 0 Å². The summed E-state index contributed by atoms with van der Waals surface area (Å²) in [5.74, 6) is 0.510. The quantitative estimate of drug-likeness (QED) is 0.634. The van der Waals surface area contributed by atoms with Crippen LogP contribution in [0, 0.1) is 5.92 Å². The van der Waals surface area contributed by atoms with Gasteiger partial charge in [-0.3, -0.25) is 4.79 Å². The minimum atomic E-state index is -0.565. The molecule has 3 N–H and O–H groups in total. The summed E-state index contributed by atoms with van der Waals surface area (Å²) in [6.07, 6.45) is 3.15. The van der Waals surface area contributed by atoms with Gasteiger partial charge in [-0.1, -0.05) is 13.8 Å². The predicted octanol–water partition coefficient (Wildman–Crippen LogP) is -0.336. The zero-order valence-corrected chi connectivity index (χ0v) is 10.1. The lowest BCUT2D eigenvalue weighted by Gasteiger charge is -2.15. The van der Waals surface area contributed by atoms with Crippen molar-refractivity contribution in [1.82, 2.24) is 9.55 Å². The molecule has 0 aliphatic heterocycles. The van der Waals surface area contributed by atoms with Crippen LogP contribution in [0.3, 0.4) is 0 Å². The Kier molecular flexibility index (Phi) is 5.11. The number of hydrogen-bond donors (Lipinski definition) is 3. The van der Waals surface area contributed by atoms with Crippen LogP contribution in [-0.4, -0.2) is 39.0 Å². The number of nitrogens with zero attached hydrogens (tertiary/aromatic N) is 2. The first-order valence-corrected chi connectivity index (χ1v) is 5.62. The zero-order chi connectivity index (χ0) is 12.8. The summed E-state index contributed by atoms with van der Waals surface area (Å²) in [5, 5.41) is 20.6. The smallest absolute Gasteiger partial charge is 0.293 e. The maximum atomic E-state index is 11.9. The van der Waals surface area contributed by atoms with Gasteiger partial charge < -0.3 is 20.1 Å². The molecular weight excluding hydrogens is 222 g/mol. The number of aliphatic hydroxyl groups excluding tert-OH is 2. The summed E-state index contributed by atoms with van der Waals surface area (Å²) in [4.78, 5) is 15.9. The minimum Gasteiger partial charge on any atom is -0.394 e. The standard InChI is InChI=1S/C11H19N3O3/c1-8(2)5-14-4-3-12-10(11(14)17)13-9(6-15)7-16/h3-4,8-9,15-16H,5-7H2,1-2H3,(H,12,13). The second-order valence-electron chi connectivity index (χ2n) is 4.33. The topological polar surface area (TPSA) is 87.4 Å². The van der Waals surface area contributed by atoms with E-state index in [0.29, 0.717) is 12.5 Å². The monoisotopic (exact) mass is 241 g/mol. The molecule has 1 heterocycles. The molecule has 0 aliphatic carbocycles. The van der Waals surface area contributed by atoms with Crippen molar-refractivity contribution in [3.8, 4) is 0 Å². The van der Waals surface area contributed by atoms with E-state index in [4.69, 9.17) is 10.2 Å². The fourth-order valence-corrected chi connectivity index (χ4v) is 1.43. The molecule has 96 valence electrons. The second kappa shape index (κ2) is 6.36. The van der Waals surface area contributed by atoms with Crippen molar-refractivity contribution in [2.45, 2.75) is 26.4 Å². The maximum Gasteiger partial charge on any atom is 0.293 e. The highest BCUT2D eigenvalue weighted by Gasteiger charge is 2.11. The molecule has 0 bridgehead atoms. The largest absolute Gasteiger partial charge is 0.394 e. The molecule has 6 heteroatoms. The normalized spacial score (nSPS) is 11.2. The van der Waals surface area contributed by atoms with Crippen molar-refractivity contribution in [2.24, 2.45) is 5.92 Å². The first-order valence-electron chi connectivity index (χ1n) is 5.62. The lowest BCUT2D eigenvalue weighted by Crippen LogP contribution is -2.33. The summed E-state index contributed by atoms with van der Waals surface area (Å²) in [5.41, 5.74) is -0.242. The molecule has 0 spiro atoms. The average molecular weight is 241 g/mol. The Morgan fingerprint density at radius 1 is 1.41 bits per heavy atom. The third-order valence-electron chi connectivity index (χ3n) is 2.26. The van der Waals surface area contributed by atoms with Gasteiger partial charge in [0.1, 0.15) is 0 Å². The predicted molar refractivity (Wildman–Crippen MR) is 64.9 cm³/mol. The van der Waals surface area contributed by atoms with E-state index in [2.05, 4.69) is 10.3 Å². The van der Waals surface area contributed by atoms with Crippen LogP contribution in [0.15, 0.2) is 17.2 Å². The van der Waals surface area contributed by atoms with E-state index in [1.54, 1.807) is 10.8 Å². The van der Waals surface area contributed by atoms with Crippen LogP contribution in [0.25, 0.3) is 0 Å². The highest BCUT2D eigenvalue weighted by molar-refractivity contribution is 5.32. The van der Waals surface area contributed by atoms with Crippen molar-refractivity contribution in [3.05, 3.63) is 22.7 Å². The Bertz CT molecular complexity index is 399. The van der Waals surface area contributed by atoms with Crippen LogP contribution in [-0.2, 0) is 6.54 Å². The van der Waals surface area contributed by atoms with Crippen molar-refractivity contribution in [1.29, 1.82) is 0 Å². The van der Waals surface area contributed by atoms with E-state index in [0.717, 1.165) is 0 Å².